The molecular weight excluding hydrogens is 975 g/mol. The number of piperazine rings is 2. The van der Waals surface area contributed by atoms with E-state index < -0.39 is 11.2 Å². The number of hydrogen-bond acceptors (Lipinski definition) is 12. The number of rotatable bonds is 4. The zero-order valence-electron chi connectivity index (χ0n) is 49.2. The van der Waals surface area contributed by atoms with E-state index in [1.54, 1.807) is 16.0 Å². The molecule has 14 nitrogen and oxygen atoms in total. The molecule has 3 fully saturated rings. The average molecular weight is 1060 g/mol. The maximum atomic E-state index is 12.4. The van der Waals surface area contributed by atoms with Gasteiger partial charge in [0, 0.05) is 70.3 Å². The topological polar surface area (TPSA) is 136 Å². The lowest BCUT2D eigenvalue weighted by Crippen LogP contribution is -2.50. The van der Waals surface area contributed by atoms with Gasteiger partial charge in [-0.15, -0.1) is 0 Å². The Morgan fingerprint density at radius 3 is 1.36 bits per heavy atom. The summed E-state index contributed by atoms with van der Waals surface area (Å²) in [4.78, 5) is 49.6. The number of nitrogens with zero attached hydrogens (tertiary/aromatic N) is 8. The zero-order valence-corrected chi connectivity index (χ0v) is 50.0. The summed E-state index contributed by atoms with van der Waals surface area (Å²) in [6, 6.07) is 17.4. The van der Waals surface area contributed by atoms with Crippen LogP contribution in [-0.2, 0) is 40.4 Å². The summed E-state index contributed by atoms with van der Waals surface area (Å²) in [5, 5.41) is 0.233. The number of aromatic nitrogens is 4. The molecule has 5 aliphatic rings. The van der Waals surface area contributed by atoms with Gasteiger partial charge in [0.1, 0.15) is 22.8 Å². The molecule has 0 spiro atoms. The van der Waals surface area contributed by atoms with Crippen LogP contribution in [0.2, 0.25) is 5.28 Å². The van der Waals surface area contributed by atoms with Crippen molar-refractivity contribution in [3.05, 3.63) is 88.5 Å². The fraction of sp³-hybridized carbons (Fsp3) is 0.633. The van der Waals surface area contributed by atoms with Gasteiger partial charge in [0.05, 0.1) is 11.2 Å². The fourth-order valence-corrected chi connectivity index (χ4v) is 10.7. The first-order chi connectivity index (χ1) is 35.1. The van der Waals surface area contributed by atoms with Gasteiger partial charge in [-0.1, -0.05) is 85.7 Å². The molecule has 0 bridgehead atoms. The fourth-order valence-electron chi connectivity index (χ4n) is 10.5. The van der Waals surface area contributed by atoms with Gasteiger partial charge in [-0.05, 0) is 174 Å². The van der Waals surface area contributed by atoms with Crippen molar-refractivity contribution in [2.24, 2.45) is 0 Å². The molecule has 16 heteroatoms. The predicted molar refractivity (Wildman–Crippen MR) is 307 cm³/mol. The lowest BCUT2D eigenvalue weighted by Gasteiger charge is -2.42. The standard InChI is InChI=1S/C27H38N4O2.C20H31BO2.C13H19ClN4O2/c1-25(2,3)33-24(32)31-16-14-30(15-17-31)22-10-13-28-23(29-22)19-8-9-20-21(18-19)27(6,7)12-11-26(20,4)5;1-17(2)11-12-18(3,4)16-13-14(9-10-15(16)17)21-22-19(5,6)20(7,8)23-21;1-13(2,3)20-12(19)18-8-6-17(7-9-18)10-4-5-15-11(14)16-10/h8-10,13,18H,11-12,14-17H2,1-7H3;9-10,13H,11-12H2,1-8H3;4-5H,6-9H2,1-3H3. The van der Waals surface area contributed by atoms with Crippen LogP contribution in [0.15, 0.2) is 60.9 Å². The Hall–Kier alpha value is -4.99. The number of benzene rings is 2. The van der Waals surface area contributed by atoms with E-state index in [1.165, 1.54) is 47.9 Å². The normalized spacial score (nSPS) is 21.0. The molecule has 2 amide bonds. The van der Waals surface area contributed by atoms with E-state index in [9.17, 15) is 9.59 Å². The SMILES string of the molecule is CC(C)(C)OC(=O)N1CCN(c2ccnc(-c3ccc4c(c3)C(C)(C)CCC4(C)C)n2)CC1.CC(C)(C)OC(=O)N1CCN(c2ccnc(Cl)n2)CC1.CC1(C)CCC(C)(C)c2cc(B3OC(C)(C)C(C)(C)O3)ccc21. The third-order valence-corrected chi connectivity index (χ3v) is 16.5. The molecule has 0 saturated carbocycles. The predicted octanol–water partition coefficient (Wildman–Crippen LogP) is 12.1. The minimum Gasteiger partial charge on any atom is -0.444 e. The summed E-state index contributed by atoms with van der Waals surface area (Å²) in [5.41, 5.74) is 7.29. The molecule has 0 N–H and O–H groups in total. The van der Waals surface area contributed by atoms with Crippen molar-refractivity contribution in [3.8, 4) is 11.4 Å². The van der Waals surface area contributed by atoms with Crippen LogP contribution in [0.5, 0.6) is 0 Å². The van der Waals surface area contributed by atoms with Crippen molar-refractivity contribution in [2.45, 2.75) is 194 Å². The summed E-state index contributed by atoms with van der Waals surface area (Å²) in [7, 11) is -0.272. The van der Waals surface area contributed by atoms with Gasteiger partial charge in [0.2, 0.25) is 5.28 Å². The highest BCUT2D eigenvalue weighted by molar-refractivity contribution is 6.62. The van der Waals surface area contributed by atoms with Crippen molar-refractivity contribution in [1.82, 2.24) is 29.7 Å². The third-order valence-electron chi connectivity index (χ3n) is 16.3. The van der Waals surface area contributed by atoms with Crippen LogP contribution in [0.1, 0.15) is 173 Å². The van der Waals surface area contributed by atoms with E-state index >= 15 is 0 Å². The van der Waals surface area contributed by atoms with Crippen LogP contribution in [0.3, 0.4) is 0 Å². The Morgan fingerprint density at radius 1 is 0.526 bits per heavy atom. The molecule has 5 heterocycles. The first-order valence-corrected chi connectivity index (χ1v) is 27.9. The van der Waals surface area contributed by atoms with Crippen LogP contribution < -0.4 is 15.3 Å². The second kappa shape index (κ2) is 21.7. The monoisotopic (exact) mass is 1060 g/mol. The van der Waals surface area contributed by atoms with Crippen molar-refractivity contribution < 1.29 is 28.4 Å². The molecular formula is C60H88BClN8O6. The lowest BCUT2D eigenvalue weighted by atomic mass is 9.61. The number of carbonyl (C=O) groups is 2. The number of hydrogen-bond donors (Lipinski definition) is 0. The Bertz CT molecular complexity index is 2700. The highest BCUT2D eigenvalue weighted by Crippen LogP contribution is 2.48. The van der Waals surface area contributed by atoms with E-state index in [1.807, 2.05) is 59.9 Å². The highest BCUT2D eigenvalue weighted by Gasteiger charge is 2.52. The maximum Gasteiger partial charge on any atom is 0.494 e. The van der Waals surface area contributed by atoms with Gasteiger partial charge in [0.25, 0.3) is 0 Å². The van der Waals surface area contributed by atoms with Crippen LogP contribution in [0.4, 0.5) is 21.2 Å². The molecule has 3 aliphatic heterocycles. The Kier molecular flexibility index (Phi) is 16.7. The molecule has 0 unspecified atom stereocenters. The van der Waals surface area contributed by atoms with Gasteiger partial charge in [0.15, 0.2) is 5.82 Å². The van der Waals surface area contributed by atoms with Gasteiger partial charge in [-0.25, -0.2) is 29.5 Å². The molecule has 4 aromatic rings. The number of anilines is 2. The van der Waals surface area contributed by atoms with E-state index in [4.69, 9.17) is 35.4 Å². The molecule has 414 valence electrons. The van der Waals surface area contributed by atoms with Crippen LogP contribution in [0, 0.1) is 0 Å². The second-order valence-electron chi connectivity index (χ2n) is 27.0. The van der Waals surface area contributed by atoms with Gasteiger partial charge in [-0.2, -0.15) is 0 Å². The molecule has 2 aromatic carbocycles. The summed E-state index contributed by atoms with van der Waals surface area (Å²) in [6.07, 6.45) is 7.80. The molecule has 9 rings (SSSR count). The second-order valence-corrected chi connectivity index (χ2v) is 27.4. The minimum atomic E-state index is -0.478. The van der Waals surface area contributed by atoms with Gasteiger partial charge in [-0.3, -0.25) is 0 Å². The molecule has 0 radical (unpaired) electrons. The van der Waals surface area contributed by atoms with E-state index in [0.717, 1.165) is 41.6 Å². The maximum absolute atomic E-state index is 12.4. The Balaban J connectivity index is 0.000000173. The number of carbonyl (C=O) groups excluding carboxylic acids is 2. The smallest absolute Gasteiger partial charge is 0.444 e. The third kappa shape index (κ3) is 13.8. The number of fused-ring (bicyclic) bond motifs is 2. The van der Waals surface area contributed by atoms with Crippen LogP contribution in [0.25, 0.3) is 11.4 Å². The van der Waals surface area contributed by atoms with E-state index in [-0.39, 0.29) is 57.5 Å². The quantitative estimate of drug-likeness (QED) is 0.142. The van der Waals surface area contributed by atoms with Crippen molar-refractivity contribution in [1.29, 1.82) is 0 Å². The zero-order chi connectivity index (χ0) is 56.0. The van der Waals surface area contributed by atoms with Gasteiger partial charge < -0.3 is 38.4 Å². The molecule has 3 saturated heterocycles. The number of amides is 2. The van der Waals surface area contributed by atoms with Gasteiger partial charge >= 0.3 is 19.3 Å². The molecule has 76 heavy (non-hydrogen) atoms. The van der Waals surface area contributed by atoms with Crippen LogP contribution in [-0.4, -0.2) is 124 Å². The summed E-state index contributed by atoms with van der Waals surface area (Å²) < 4.78 is 23.4. The first kappa shape index (κ1) is 58.7. The lowest BCUT2D eigenvalue weighted by molar-refractivity contribution is 0.00578. The Morgan fingerprint density at radius 2 is 0.921 bits per heavy atom. The summed E-state index contributed by atoms with van der Waals surface area (Å²) in [5.74, 6) is 2.44. The molecule has 2 aromatic heterocycles. The van der Waals surface area contributed by atoms with E-state index in [0.29, 0.717) is 39.3 Å². The number of ether oxygens (including phenoxy) is 2. The van der Waals surface area contributed by atoms with E-state index in [2.05, 4.69) is 144 Å². The summed E-state index contributed by atoms with van der Waals surface area (Å²) >= 11 is 5.78. The minimum absolute atomic E-state index is 0.149. The Labute approximate surface area is 460 Å². The largest absolute Gasteiger partial charge is 0.494 e. The first-order valence-electron chi connectivity index (χ1n) is 27.5. The number of halogens is 1. The highest BCUT2D eigenvalue weighted by atomic mass is 35.5. The molecule has 2 aliphatic carbocycles. The van der Waals surface area contributed by atoms with Crippen molar-refractivity contribution in [3.63, 3.8) is 0 Å². The van der Waals surface area contributed by atoms with Crippen molar-refractivity contribution >= 4 is 48.0 Å². The average Bonchev–Trinajstić information content (AvgIpc) is 3.56. The van der Waals surface area contributed by atoms with Crippen molar-refractivity contribution in [2.75, 3.05) is 62.2 Å². The molecule has 0 atom stereocenters. The summed E-state index contributed by atoms with van der Waals surface area (Å²) in [6.45, 7) is 43.8. The van der Waals surface area contributed by atoms with Crippen LogP contribution >= 0.6 is 11.6 Å².